The van der Waals surface area contributed by atoms with Gasteiger partial charge in [-0.15, -0.1) is 0 Å². The van der Waals surface area contributed by atoms with Gasteiger partial charge in [0.15, 0.2) is 0 Å². The van der Waals surface area contributed by atoms with Crippen molar-refractivity contribution in [3.05, 3.63) is 44.5 Å². The van der Waals surface area contributed by atoms with Crippen LogP contribution in [0.5, 0.6) is 0 Å². The van der Waals surface area contributed by atoms with Gasteiger partial charge in [0.25, 0.3) is 5.69 Å². The van der Waals surface area contributed by atoms with Crippen LogP contribution in [0.2, 0.25) is 0 Å². The summed E-state index contributed by atoms with van der Waals surface area (Å²) in [6.07, 6.45) is 1.57. The van der Waals surface area contributed by atoms with Crippen molar-refractivity contribution in [2.75, 3.05) is 0 Å². The summed E-state index contributed by atoms with van der Waals surface area (Å²) in [7, 11) is 0. The molecule has 0 radical (unpaired) electrons. The zero-order valence-corrected chi connectivity index (χ0v) is 12.7. The number of nitrogens with zero attached hydrogens (tertiary/aromatic N) is 2. The second-order valence-corrected chi connectivity index (χ2v) is 5.43. The zero-order valence-electron chi connectivity index (χ0n) is 11.1. The molecule has 5 nitrogen and oxygen atoms in total. The summed E-state index contributed by atoms with van der Waals surface area (Å²) in [6.45, 7) is 3.46. The van der Waals surface area contributed by atoms with Gasteiger partial charge in [0.2, 0.25) is 0 Å². The van der Waals surface area contributed by atoms with Crippen LogP contribution < -0.4 is 0 Å². The highest BCUT2D eigenvalue weighted by atomic mass is 79.9. The fourth-order valence-corrected chi connectivity index (χ4v) is 2.60. The van der Waals surface area contributed by atoms with Crippen LogP contribution in [-0.2, 0) is 4.79 Å². The monoisotopic (exact) mass is 336 g/mol. The average Bonchev–Trinajstić information content (AvgIpc) is 2.44. The van der Waals surface area contributed by atoms with Gasteiger partial charge in [-0.05, 0) is 18.2 Å². The lowest BCUT2D eigenvalue weighted by Gasteiger charge is -2.13. The van der Waals surface area contributed by atoms with Gasteiger partial charge in [0.05, 0.1) is 16.0 Å². The molecule has 1 aromatic heterocycles. The Kier molecular flexibility index (Phi) is 4.13. The van der Waals surface area contributed by atoms with Gasteiger partial charge < -0.3 is 0 Å². The first-order valence-electron chi connectivity index (χ1n) is 6.21. The van der Waals surface area contributed by atoms with Gasteiger partial charge in [-0.25, -0.2) is 4.98 Å². The first kappa shape index (κ1) is 14.6. The number of pyridine rings is 1. The molecule has 1 aromatic carbocycles. The quantitative estimate of drug-likeness (QED) is 0.625. The van der Waals surface area contributed by atoms with E-state index in [4.69, 9.17) is 0 Å². The standard InChI is InChI=1S/C14H13BrN2O3/c1-3-13(18)8(2)14-10-6-9(15)4-5-11(10)16-7-12(14)17(19)20/h4-8H,3H2,1-2H3. The van der Waals surface area contributed by atoms with E-state index in [0.717, 1.165) is 4.47 Å². The Bertz CT molecular complexity index is 700. The topological polar surface area (TPSA) is 73.1 Å². The summed E-state index contributed by atoms with van der Waals surface area (Å²) >= 11 is 3.35. The summed E-state index contributed by atoms with van der Waals surface area (Å²) in [6, 6.07) is 5.36. The van der Waals surface area contributed by atoms with Gasteiger partial charge in [0, 0.05) is 22.2 Å². The van der Waals surface area contributed by atoms with E-state index >= 15 is 0 Å². The minimum atomic E-state index is -0.528. The SMILES string of the molecule is CCC(=O)C(C)c1c([N+](=O)[O-])cnc2ccc(Br)cc12. The van der Waals surface area contributed by atoms with E-state index in [0.29, 0.717) is 22.9 Å². The molecule has 2 aromatic rings. The predicted octanol–water partition coefficient (Wildman–Crippen LogP) is 3.99. The van der Waals surface area contributed by atoms with Crippen LogP contribution in [0.25, 0.3) is 10.9 Å². The van der Waals surface area contributed by atoms with Crippen molar-refractivity contribution in [2.24, 2.45) is 0 Å². The van der Waals surface area contributed by atoms with E-state index in [2.05, 4.69) is 20.9 Å². The minimum Gasteiger partial charge on any atom is -0.299 e. The number of carbonyl (C=O) groups is 1. The molecule has 0 saturated carbocycles. The minimum absolute atomic E-state index is 0.0272. The molecule has 2 rings (SSSR count). The molecule has 0 aliphatic carbocycles. The maximum atomic E-state index is 12.0. The summed E-state index contributed by atoms with van der Waals surface area (Å²) in [5.41, 5.74) is 0.975. The lowest BCUT2D eigenvalue weighted by atomic mass is 9.91. The Morgan fingerprint density at radius 2 is 2.20 bits per heavy atom. The van der Waals surface area contributed by atoms with Crippen molar-refractivity contribution in [1.29, 1.82) is 0 Å². The van der Waals surface area contributed by atoms with Crippen molar-refractivity contribution in [1.82, 2.24) is 4.98 Å². The van der Waals surface area contributed by atoms with Crippen molar-refractivity contribution in [3.8, 4) is 0 Å². The van der Waals surface area contributed by atoms with E-state index in [9.17, 15) is 14.9 Å². The summed E-state index contributed by atoms with van der Waals surface area (Å²) in [4.78, 5) is 26.8. The third-order valence-corrected chi connectivity index (χ3v) is 3.81. The van der Waals surface area contributed by atoms with E-state index in [1.807, 2.05) is 6.07 Å². The molecule has 6 heteroatoms. The third-order valence-electron chi connectivity index (χ3n) is 3.31. The first-order chi connectivity index (χ1) is 9.45. The Labute approximate surface area is 124 Å². The molecule has 0 saturated heterocycles. The molecule has 0 fully saturated rings. The molecule has 104 valence electrons. The molecule has 0 bridgehead atoms. The summed E-state index contributed by atoms with van der Waals surface area (Å²) in [5, 5.41) is 11.8. The second kappa shape index (κ2) is 5.66. The molecular weight excluding hydrogens is 324 g/mol. The number of ketones is 1. The maximum absolute atomic E-state index is 12.0. The van der Waals surface area contributed by atoms with Crippen molar-refractivity contribution in [2.45, 2.75) is 26.2 Å². The van der Waals surface area contributed by atoms with Crippen molar-refractivity contribution < 1.29 is 9.72 Å². The van der Waals surface area contributed by atoms with Gasteiger partial charge in [-0.3, -0.25) is 14.9 Å². The Balaban J connectivity index is 2.80. The van der Waals surface area contributed by atoms with Crippen LogP contribution in [0.1, 0.15) is 31.7 Å². The zero-order chi connectivity index (χ0) is 14.9. The third kappa shape index (κ3) is 2.56. The normalized spacial score (nSPS) is 12.3. The highest BCUT2D eigenvalue weighted by Gasteiger charge is 2.26. The van der Waals surface area contributed by atoms with E-state index < -0.39 is 10.8 Å². The molecule has 1 heterocycles. The number of benzene rings is 1. The fourth-order valence-electron chi connectivity index (χ4n) is 2.24. The molecule has 20 heavy (non-hydrogen) atoms. The lowest BCUT2D eigenvalue weighted by molar-refractivity contribution is -0.385. The van der Waals surface area contributed by atoms with E-state index in [1.54, 1.807) is 26.0 Å². The molecular formula is C14H13BrN2O3. The Morgan fingerprint density at radius 1 is 1.50 bits per heavy atom. The molecule has 1 atom stereocenters. The van der Waals surface area contributed by atoms with Crippen LogP contribution in [0.3, 0.4) is 0 Å². The summed E-state index contributed by atoms with van der Waals surface area (Å²) in [5.74, 6) is -0.555. The van der Waals surface area contributed by atoms with Gasteiger partial charge in [-0.2, -0.15) is 0 Å². The molecule has 0 amide bonds. The number of hydrogen-bond acceptors (Lipinski definition) is 4. The van der Waals surface area contributed by atoms with Gasteiger partial charge in [-0.1, -0.05) is 29.8 Å². The number of aromatic nitrogens is 1. The van der Waals surface area contributed by atoms with Crippen molar-refractivity contribution in [3.63, 3.8) is 0 Å². The molecule has 1 unspecified atom stereocenters. The Morgan fingerprint density at radius 3 is 2.80 bits per heavy atom. The van der Waals surface area contributed by atoms with Crippen LogP contribution in [0, 0.1) is 10.1 Å². The number of hydrogen-bond donors (Lipinski definition) is 0. The Hall–Kier alpha value is -1.82. The van der Waals surface area contributed by atoms with Gasteiger partial charge in [0.1, 0.15) is 12.0 Å². The number of rotatable bonds is 4. The number of Topliss-reactive ketones (excluding diaryl/α,β-unsaturated/α-hetero) is 1. The number of halogens is 1. The average molecular weight is 337 g/mol. The van der Waals surface area contributed by atoms with Crippen LogP contribution in [0.15, 0.2) is 28.9 Å². The molecule has 0 spiro atoms. The number of carbonyl (C=O) groups excluding carboxylic acids is 1. The number of fused-ring (bicyclic) bond motifs is 1. The second-order valence-electron chi connectivity index (χ2n) is 4.52. The molecule has 0 N–H and O–H groups in total. The van der Waals surface area contributed by atoms with Crippen LogP contribution in [0.4, 0.5) is 5.69 Å². The predicted molar refractivity (Wildman–Crippen MR) is 79.8 cm³/mol. The van der Waals surface area contributed by atoms with E-state index in [1.165, 1.54) is 6.20 Å². The maximum Gasteiger partial charge on any atom is 0.292 e. The first-order valence-corrected chi connectivity index (χ1v) is 7.00. The largest absolute Gasteiger partial charge is 0.299 e. The molecule has 0 aliphatic heterocycles. The van der Waals surface area contributed by atoms with Gasteiger partial charge >= 0.3 is 0 Å². The smallest absolute Gasteiger partial charge is 0.292 e. The highest BCUT2D eigenvalue weighted by Crippen LogP contribution is 2.34. The highest BCUT2D eigenvalue weighted by molar-refractivity contribution is 9.10. The van der Waals surface area contributed by atoms with Crippen LogP contribution in [-0.4, -0.2) is 15.7 Å². The summed E-state index contributed by atoms with van der Waals surface area (Å²) < 4.78 is 0.796. The van der Waals surface area contributed by atoms with Crippen LogP contribution >= 0.6 is 15.9 Å². The molecule has 0 aliphatic rings. The van der Waals surface area contributed by atoms with Crippen molar-refractivity contribution >= 4 is 38.3 Å². The number of nitro groups is 1. The van der Waals surface area contributed by atoms with E-state index in [-0.39, 0.29) is 11.5 Å². The lowest BCUT2D eigenvalue weighted by Crippen LogP contribution is -2.11. The fraction of sp³-hybridized carbons (Fsp3) is 0.286.